The summed E-state index contributed by atoms with van der Waals surface area (Å²) in [6, 6.07) is 16.7. The Morgan fingerprint density at radius 1 is 1.08 bits per heavy atom. The molecule has 2 fully saturated rings. The molecule has 8 rings (SSSR count). The number of hydrogen-bond acceptors (Lipinski definition) is 10. The van der Waals surface area contributed by atoms with Crippen LogP contribution in [0.2, 0.25) is 0 Å². The molecule has 6 heterocycles. The lowest BCUT2D eigenvalue weighted by Crippen LogP contribution is -2.59. The first kappa shape index (κ1) is 33.6. The monoisotopic (exact) mass is 717 g/mol. The zero-order chi connectivity index (χ0) is 36.2. The highest BCUT2D eigenvalue weighted by Crippen LogP contribution is 2.44. The van der Waals surface area contributed by atoms with Gasteiger partial charge in [-0.15, -0.1) is 11.3 Å². The number of allylic oxidation sites excluding steroid dienone is 1. The van der Waals surface area contributed by atoms with Crippen molar-refractivity contribution in [2.24, 2.45) is 5.41 Å². The van der Waals surface area contributed by atoms with Crippen molar-refractivity contribution in [2.45, 2.75) is 38.8 Å². The van der Waals surface area contributed by atoms with Crippen molar-refractivity contribution in [3.63, 3.8) is 0 Å². The number of halogens is 1. The minimum absolute atomic E-state index is 0.221. The van der Waals surface area contributed by atoms with E-state index in [2.05, 4.69) is 25.8 Å². The van der Waals surface area contributed by atoms with Gasteiger partial charge in [0, 0.05) is 72.4 Å². The van der Waals surface area contributed by atoms with Crippen LogP contribution in [0, 0.1) is 29.5 Å². The maximum Gasteiger partial charge on any atom is 0.259 e. The van der Waals surface area contributed by atoms with Gasteiger partial charge in [-0.05, 0) is 98.8 Å². The van der Waals surface area contributed by atoms with E-state index in [1.165, 1.54) is 29.7 Å². The van der Waals surface area contributed by atoms with Crippen molar-refractivity contribution in [3.8, 4) is 16.5 Å². The molecule has 2 amide bonds. The van der Waals surface area contributed by atoms with E-state index in [1.54, 1.807) is 48.4 Å². The summed E-state index contributed by atoms with van der Waals surface area (Å²) in [5, 5.41) is 18.1. The van der Waals surface area contributed by atoms with Gasteiger partial charge in [0.2, 0.25) is 5.78 Å². The van der Waals surface area contributed by atoms with E-state index in [9.17, 15) is 24.0 Å². The Bertz CT molecular complexity index is 2200. The van der Waals surface area contributed by atoms with Crippen LogP contribution in [0.1, 0.15) is 61.3 Å². The van der Waals surface area contributed by atoms with Crippen LogP contribution in [0.25, 0.3) is 10.4 Å². The molecule has 52 heavy (non-hydrogen) atoms. The number of hydrogen-bond donors (Lipinski definition) is 3. The largest absolute Gasteiger partial charge is 0.381 e. The van der Waals surface area contributed by atoms with Crippen molar-refractivity contribution in [2.75, 3.05) is 48.0 Å². The van der Waals surface area contributed by atoms with Crippen LogP contribution < -0.4 is 25.8 Å². The van der Waals surface area contributed by atoms with E-state index in [1.807, 2.05) is 25.1 Å². The summed E-state index contributed by atoms with van der Waals surface area (Å²) in [6.45, 7) is 7.05. The maximum absolute atomic E-state index is 14.7. The molecule has 264 valence electrons. The van der Waals surface area contributed by atoms with Crippen LogP contribution in [0.5, 0.6) is 0 Å². The molecule has 2 saturated heterocycles. The van der Waals surface area contributed by atoms with E-state index in [0.29, 0.717) is 45.2 Å². The van der Waals surface area contributed by atoms with Gasteiger partial charge in [-0.3, -0.25) is 14.4 Å². The number of carbonyl (C=O) groups is 3. The minimum atomic E-state index is -1.17. The first-order valence-electron chi connectivity index (χ1n) is 17.2. The number of aromatic nitrogens is 1. The number of ether oxygens (including phenoxy) is 1. The number of anilines is 3. The number of aryl methyl sites for hydroxylation is 1. The fourth-order valence-corrected chi connectivity index (χ4v) is 8.78. The van der Waals surface area contributed by atoms with Crippen LogP contribution in [-0.2, 0) is 11.2 Å². The number of rotatable bonds is 6. The number of Topliss-reactive ketones (excluding diaryl/α,β-unsaturated/α-hetero) is 1. The molecule has 11 nitrogen and oxygen atoms in total. The highest BCUT2D eigenvalue weighted by Gasteiger charge is 2.45. The summed E-state index contributed by atoms with van der Waals surface area (Å²) in [4.78, 5) is 50.8. The molecule has 0 aliphatic carbocycles. The van der Waals surface area contributed by atoms with E-state index in [4.69, 9.17) is 4.74 Å². The highest BCUT2D eigenvalue weighted by molar-refractivity contribution is 7.17. The number of fused-ring (bicyclic) bond motifs is 3. The van der Waals surface area contributed by atoms with Crippen molar-refractivity contribution in [1.82, 2.24) is 15.6 Å². The minimum Gasteiger partial charge on any atom is -0.381 e. The summed E-state index contributed by atoms with van der Waals surface area (Å²) in [7, 11) is 0. The average Bonchev–Trinajstić information content (AvgIpc) is 3.71. The molecule has 0 saturated carbocycles. The Labute approximate surface area is 304 Å². The van der Waals surface area contributed by atoms with Crippen molar-refractivity contribution in [3.05, 3.63) is 106 Å². The molecule has 13 heteroatoms. The second-order valence-corrected chi connectivity index (χ2v) is 15.2. The van der Waals surface area contributed by atoms with Crippen LogP contribution in [-0.4, -0.2) is 61.1 Å². The molecule has 4 aliphatic heterocycles. The number of thiophene rings is 1. The summed E-state index contributed by atoms with van der Waals surface area (Å²) in [6.07, 6.45) is 5.71. The lowest BCUT2D eigenvalue weighted by molar-refractivity contribution is -0.000511. The molecule has 1 unspecified atom stereocenters. The Morgan fingerprint density at radius 3 is 2.58 bits per heavy atom. The van der Waals surface area contributed by atoms with Gasteiger partial charge in [-0.25, -0.2) is 9.37 Å². The third-order valence-electron chi connectivity index (χ3n) is 10.4. The number of pyridine rings is 1. The molecule has 2 aromatic heterocycles. The van der Waals surface area contributed by atoms with E-state index >= 15 is 0 Å². The van der Waals surface area contributed by atoms with Crippen LogP contribution in [0.4, 0.5) is 21.6 Å². The zero-order valence-electron chi connectivity index (χ0n) is 28.7. The molecule has 1 spiro atoms. The number of nitriles is 1. The third kappa shape index (κ3) is 5.97. The quantitative estimate of drug-likeness (QED) is 0.212. The number of amides is 2. The molecule has 2 aromatic carbocycles. The van der Waals surface area contributed by atoms with Crippen LogP contribution >= 0.6 is 11.3 Å². The lowest BCUT2D eigenvalue weighted by atomic mass is 9.73. The SMILES string of the molecule is Cc1cnc(N2CC3(CCOCC3)C2)c(C(=O)Nc2ccc(C(=O)N3CCc4cc(C(=O)C5(C)NC=C(C#N)N5)sc4-c4ccc(F)cc43)cc2)c1. The number of nitrogens with zero attached hydrogens (tertiary/aromatic N) is 4. The molecule has 4 aliphatic rings. The first-order valence-corrected chi connectivity index (χ1v) is 18.0. The van der Waals surface area contributed by atoms with Crippen molar-refractivity contribution < 1.29 is 23.5 Å². The maximum atomic E-state index is 14.7. The first-order chi connectivity index (χ1) is 25.0. The van der Waals surface area contributed by atoms with Crippen LogP contribution in [0.15, 0.2) is 72.7 Å². The number of nitrogens with one attached hydrogen (secondary N) is 3. The molecule has 1 atom stereocenters. The van der Waals surface area contributed by atoms with Gasteiger partial charge in [0.15, 0.2) is 5.66 Å². The fraction of sp³-hybridized carbons (Fsp3) is 0.308. The number of carbonyl (C=O) groups excluding carboxylic acids is 3. The number of benzene rings is 2. The van der Waals surface area contributed by atoms with Gasteiger partial charge in [-0.2, -0.15) is 5.26 Å². The molecule has 3 N–H and O–H groups in total. The lowest BCUT2D eigenvalue weighted by Gasteiger charge is -2.53. The zero-order valence-corrected chi connectivity index (χ0v) is 29.5. The fourth-order valence-electron chi connectivity index (χ4n) is 7.49. The van der Waals surface area contributed by atoms with Crippen molar-refractivity contribution in [1.29, 1.82) is 5.26 Å². The highest BCUT2D eigenvalue weighted by atomic mass is 32.1. The Morgan fingerprint density at radius 2 is 1.85 bits per heavy atom. The van der Waals surface area contributed by atoms with Gasteiger partial charge in [0.05, 0.1) is 16.1 Å². The molecule has 0 bridgehead atoms. The molecule has 4 aromatic rings. The van der Waals surface area contributed by atoms with Gasteiger partial charge >= 0.3 is 0 Å². The third-order valence-corrected chi connectivity index (χ3v) is 11.6. The standard InChI is InChI=1S/C39H36FN7O4S/c1-23-15-30(35(42-19-23)46-21-39(22-46)10-13-51-14-11-39)36(49)44-27-6-3-24(4-7-27)37(50)47-12-9-25-16-32(34(48)38(2)43-20-28(18-41)45-38)52-33(25)29-8-5-26(40)17-31(29)47/h3-8,15-17,19-20,43,45H,9-14,21-22H2,1-2H3,(H,44,49). The average molecular weight is 718 g/mol. The molecular weight excluding hydrogens is 682 g/mol. The Balaban J connectivity index is 0.995. The normalized spacial score (nSPS) is 19.9. The summed E-state index contributed by atoms with van der Waals surface area (Å²) >= 11 is 1.28. The van der Waals surface area contributed by atoms with E-state index in [-0.39, 0.29) is 35.3 Å². The van der Waals surface area contributed by atoms with Gasteiger partial charge in [0.25, 0.3) is 11.8 Å². The number of ketones is 1. The van der Waals surface area contributed by atoms with Crippen LogP contribution in [0.3, 0.4) is 0 Å². The molecular formula is C39H36FN7O4S. The van der Waals surface area contributed by atoms with Gasteiger partial charge < -0.3 is 30.5 Å². The summed E-state index contributed by atoms with van der Waals surface area (Å²) < 4.78 is 20.3. The topological polar surface area (TPSA) is 140 Å². The van der Waals surface area contributed by atoms with Gasteiger partial charge in [0.1, 0.15) is 23.4 Å². The van der Waals surface area contributed by atoms with Gasteiger partial charge in [-0.1, -0.05) is 0 Å². The molecule has 0 radical (unpaired) electrons. The Kier molecular flexibility index (Phi) is 8.31. The van der Waals surface area contributed by atoms with E-state index < -0.39 is 11.5 Å². The second kappa shape index (κ2) is 12.9. The summed E-state index contributed by atoms with van der Waals surface area (Å²) in [5.41, 5.74) is 3.53. The predicted molar refractivity (Wildman–Crippen MR) is 196 cm³/mol. The predicted octanol–water partition coefficient (Wildman–Crippen LogP) is 5.79. The van der Waals surface area contributed by atoms with Crippen molar-refractivity contribution >= 4 is 46.1 Å². The smallest absolute Gasteiger partial charge is 0.259 e. The second-order valence-electron chi connectivity index (χ2n) is 14.1. The van der Waals surface area contributed by atoms with E-state index in [0.717, 1.165) is 55.1 Å². The Hall–Kier alpha value is -5.58. The summed E-state index contributed by atoms with van der Waals surface area (Å²) in [5.74, 6) is -0.651.